The van der Waals surface area contributed by atoms with Crippen molar-refractivity contribution < 1.29 is 23.9 Å². The monoisotopic (exact) mass is 546 g/mol. The van der Waals surface area contributed by atoms with E-state index in [4.69, 9.17) is 10.5 Å². The van der Waals surface area contributed by atoms with Gasteiger partial charge in [0, 0.05) is 12.1 Å². The number of nitrogens with one attached hydrogen (secondary N) is 2. The number of rotatable bonds is 14. The maximum atomic E-state index is 14.3. The number of amides is 4. The van der Waals surface area contributed by atoms with Gasteiger partial charge in [0.15, 0.2) is 0 Å². The molecule has 0 fully saturated rings. The van der Waals surface area contributed by atoms with Crippen LogP contribution in [0.1, 0.15) is 105 Å². The number of hydrogen-bond donors (Lipinski definition) is 3. The molecule has 9 heteroatoms. The summed E-state index contributed by atoms with van der Waals surface area (Å²) >= 11 is 0. The van der Waals surface area contributed by atoms with Crippen molar-refractivity contribution in [3.8, 4) is 0 Å². The van der Waals surface area contributed by atoms with Crippen molar-refractivity contribution in [2.45, 2.75) is 124 Å². The van der Waals surface area contributed by atoms with Crippen LogP contribution in [0.2, 0.25) is 0 Å². The molecule has 1 rings (SSSR count). The van der Waals surface area contributed by atoms with Crippen molar-refractivity contribution >= 4 is 23.8 Å². The summed E-state index contributed by atoms with van der Waals surface area (Å²) in [6.07, 6.45) is 1.85. The van der Waals surface area contributed by atoms with Gasteiger partial charge in [-0.1, -0.05) is 51.5 Å². The number of carbonyl (C=O) groups excluding carboxylic acids is 4. The standard InChI is InChI=1S/C30H50N4O5/c1-10-13-21(5)32-27(36)26(23-15-12-11-14-20(23)4)34(22(6)17-16-19(2)3)28(37)24(18-25(31)35)33-29(38)39-30(7,8)9/h11-12,14-15,19,21-22,24,26H,10,13,16-18H2,1-9H3,(H2,31,35)(H,32,36)(H,33,38). The number of ether oxygens (including phenoxy) is 1. The van der Waals surface area contributed by atoms with Crippen molar-refractivity contribution in [1.82, 2.24) is 15.5 Å². The average Bonchev–Trinajstić information content (AvgIpc) is 2.79. The van der Waals surface area contributed by atoms with Gasteiger partial charge < -0.3 is 26.0 Å². The predicted molar refractivity (Wildman–Crippen MR) is 154 cm³/mol. The first-order valence-corrected chi connectivity index (χ1v) is 14.0. The second-order valence-electron chi connectivity index (χ2n) is 11.9. The summed E-state index contributed by atoms with van der Waals surface area (Å²) in [7, 11) is 0. The maximum Gasteiger partial charge on any atom is 0.408 e. The zero-order valence-corrected chi connectivity index (χ0v) is 25.3. The third kappa shape index (κ3) is 11.7. The highest BCUT2D eigenvalue weighted by Crippen LogP contribution is 2.30. The van der Waals surface area contributed by atoms with Crippen LogP contribution in [0.25, 0.3) is 0 Å². The molecule has 0 aliphatic heterocycles. The highest BCUT2D eigenvalue weighted by Gasteiger charge is 2.40. The Balaban J connectivity index is 3.66. The molecule has 0 heterocycles. The number of aryl methyl sites for hydroxylation is 1. The smallest absolute Gasteiger partial charge is 0.408 e. The molecule has 0 spiro atoms. The first-order valence-electron chi connectivity index (χ1n) is 14.0. The van der Waals surface area contributed by atoms with Gasteiger partial charge in [-0.15, -0.1) is 0 Å². The number of nitrogens with zero attached hydrogens (tertiary/aromatic N) is 1. The Hall–Kier alpha value is -3.10. The fourth-order valence-electron chi connectivity index (χ4n) is 4.48. The topological polar surface area (TPSA) is 131 Å². The van der Waals surface area contributed by atoms with Crippen LogP contribution in [-0.2, 0) is 19.1 Å². The molecule has 1 aromatic rings. The number of benzene rings is 1. The molecule has 0 aliphatic rings. The Morgan fingerprint density at radius 1 is 0.974 bits per heavy atom. The lowest BCUT2D eigenvalue weighted by Crippen LogP contribution is -2.57. The van der Waals surface area contributed by atoms with Crippen LogP contribution < -0.4 is 16.4 Å². The maximum absolute atomic E-state index is 14.3. The fraction of sp³-hybridized carbons (Fsp3) is 0.667. The van der Waals surface area contributed by atoms with Gasteiger partial charge in [0.2, 0.25) is 17.7 Å². The Labute approximate surface area is 234 Å². The molecule has 0 aromatic heterocycles. The molecule has 0 aliphatic carbocycles. The van der Waals surface area contributed by atoms with E-state index in [1.54, 1.807) is 20.8 Å². The molecule has 4 unspecified atom stereocenters. The van der Waals surface area contributed by atoms with E-state index >= 15 is 0 Å². The van der Waals surface area contributed by atoms with Gasteiger partial charge in [-0.3, -0.25) is 14.4 Å². The number of carbonyl (C=O) groups is 4. The minimum absolute atomic E-state index is 0.0988. The highest BCUT2D eigenvalue weighted by molar-refractivity contribution is 5.95. The van der Waals surface area contributed by atoms with Crippen LogP contribution in [0.3, 0.4) is 0 Å². The third-order valence-corrected chi connectivity index (χ3v) is 6.41. The molecule has 39 heavy (non-hydrogen) atoms. The lowest BCUT2D eigenvalue weighted by Gasteiger charge is -2.39. The SMILES string of the molecule is CCCC(C)NC(=O)C(c1ccccc1C)N(C(=O)C(CC(N)=O)NC(=O)OC(C)(C)C)C(C)CCC(C)C. The van der Waals surface area contributed by atoms with Crippen LogP contribution in [0.4, 0.5) is 4.79 Å². The van der Waals surface area contributed by atoms with Gasteiger partial charge in [0.05, 0.1) is 6.42 Å². The molecule has 4 N–H and O–H groups in total. The molecule has 4 amide bonds. The summed E-state index contributed by atoms with van der Waals surface area (Å²) in [5.74, 6) is -1.26. The lowest BCUT2D eigenvalue weighted by atomic mass is 9.94. The van der Waals surface area contributed by atoms with Crippen LogP contribution >= 0.6 is 0 Å². The van der Waals surface area contributed by atoms with Crippen molar-refractivity contribution in [2.24, 2.45) is 11.7 Å². The second kappa shape index (κ2) is 15.5. The number of nitrogens with two attached hydrogens (primary N) is 1. The summed E-state index contributed by atoms with van der Waals surface area (Å²) in [4.78, 5) is 54.4. The van der Waals surface area contributed by atoms with Gasteiger partial charge in [-0.25, -0.2) is 4.79 Å². The van der Waals surface area contributed by atoms with E-state index in [0.717, 1.165) is 24.8 Å². The van der Waals surface area contributed by atoms with Gasteiger partial charge >= 0.3 is 6.09 Å². The zero-order chi connectivity index (χ0) is 29.9. The summed E-state index contributed by atoms with van der Waals surface area (Å²) in [6.45, 7) is 17.1. The van der Waals surface area contributed by atoms with E-state index in [2.05, 4.69) is 24.5 Å². The molecule has 0 bridgehead atoms. The molecule has 1 aromatic carbocycles. The van der Waals surface area contributed by atoms with Crippen molar-refractivity contribution in [3.05, 3.63) is 35.4 Å². The van der Waals surface area contributed by atoms with Gasteiger partial charge in [0.25, 0.3) is 0 Å². The van der Waals surface area contributed by atoms with Crippen LogP contribution in [0.15, 0.2) is 24.3 Å². The van der Waals surface area contributed by atoms with E-state index in [-0.39, 0.29) is 18.0 Å². The molecule has 220 valence electrons. The highest BCUT2D eigenvalue weighted by atomic mass is 16.6. The first kappa shape index (κ1) is 33.9. The molecule has 9 nitrogen and oxygen atoms in total. The minimum Gasteiger partial charge on any atom is -0.444 e. The molecular formula is C30H50N4O5. The van der Waals surface area contributed by atoms with E-state index in [9.17, 15) is 19.2 Å². The molecule has 4 atom stereocenters. The van der Waals surface area contributed by atoms with Gasteiger partial charge in [0.1, 0.15) is 17.7 Å². The van der Waals surface area contributed by atoms with E-state index in [0.29, 0.717) is 17.9 Å². The zero-order valence-electron chi connectivity index (χ0n) is 25.3. The molecule has 0 saturated carbocycles. The van der Waals surface area contributed by atoms with Crippen molar-refractivity contribution in [1.29, 1.82) is 0 Å². The minimum atomic E-state index is -1.30. The number of primary amides is 1. The van der Waals surface area contributed by atoms with Crippen LogP contribution in [0.5, 0.6) is 0 Å². The largest absolute Gasteiger partial charge is 0.444 e. The Morgan fingerprint density at radius 2 is 1.59 bits per heavy atom. The summed E-state index contributed by atoms with van der Waals surface area (Å²) in [5, 5.41) is 5.62. The lowest BCUT2D eigenvalue weighted by molar-refractivity contribution is -0.146. The van der Waals surface area contributed by atoms with E-state index < -0.39 is 42.0 Å². The average molecular weight is 547 g/mol. The Kier molecular flexibility index (Phi) is 13.5. The first-order chi connectivity index (χ1) is 18.1. The predicted octanol–water partition coefficient (Wildman–Crippen LogP) is 4.76. The normalized spacial score (nSPS) is 14.6. The van der Waals surface area contributed by atoms with Gasteiger partial charge in [-0.05, 0) is 77.8 Å². The van der Waals surface area contributed by atoms with Crippen LogP contribution in [0, 0.1) is 12.8 Å². The Bertz CT molecular complexity index is 972. The molecular weight excluding hydrogens is 496 g/mol. The van der Waals surface area contributed by atoms with Crippen LogP contribution in [-0.4, -0.2) is 52.4 Å². The third-order valence-electron chi connectivity index (χ3n) is 6.41. The molecule has 0 radical (unpaired) electrons. The summed E-state index contributed by atoms with van der Waals surface area (Å²) in [6, 6.07) is 4.69. The second-order valence-corrected chi connectivity index (χ2v) is 11.9. The van der Waals surface area contributed by atoms with Crippen molar-refractivity contribution in [3.63, 3.8) is 0 Å². The summed E-state index contributed by atoms with van der Waals surface area (Å²) in [5.41, 5.74) is 6.21. The van der Waals surface area contributed by atoms with Gasteiger partial charge in [-0.2, -0.15) is 0 Å². The fourth-order valence-corrected chi connectivity index (χ4v) is 4.48. The molecule has 0 saturated heterocycles. The van der Waals surface area contributed by atoms with E-state index in [1.807, 2.05) is 52.0 Å². The Morgan fingerprint density at radius 3 is 2.10 bits per heavy atom. The van der Waals surface area contributed by atoms with E-state index in [1.165, 1.54) is 4.90 Å². The number of alkyl carbamates (subject to hydrolysis) is 1. The van der Waals surface area contributed by atoms with Crippen molar-refractivity contribution in [2.75, 3.05) is 0 Å². The summed E-state index contributed by atoms with van der Waals surface area (Å²) < 4.78 is 5.36. The quantitative estimate of drug-likeness (QED) is 0.310. The number of hydrogen-bond acceptors (Lipinski definition) is 5.